The zero-order valence-corrected chi connectivity index (χ0v) is 14.1. The highest BCUT2D eigenvalue weighted by atomic mass is 19.1. The summed E-state index contributed by atoms with van der Waals surface area (Å²) < 4.78 is 14.3. The molecule has 2 rings (SSSR count). The average molecular weight is 309 g/mol. The zero-order valence-electron chi connectivity index (χ0n) is 14.1. The predicted octanol–water partition coefficient (Wildman–Crippen LogP) is 6.17. The van der Waals surface area contributed by atoms with Crippen LogP contribution in [0.1, 0.15) is 49.8 Å². The van der Waals surface area contributed by atoms with E-state index in [-0.39, 0.29) is 11.5 Å². The molecule has 2 aromatic rings. The molecule has 2 aromatic carbocycles. The Kier molecular flexibility index (Phi) is 5.86. The van der Waals surface area contributed by atoms with Gasteiger partial charge in [-0.25, -0.2) is 4.39 Å². The van der Waals surface area contributed by atoms with Crippen molar-refractivity contribution in [3.63, 3.8) is 0 Å². The van der Waals surface area contributed by atoms with Gasteiger partial charge in [-0.15, -0.1) is 0 Å². The van der Waals surface area contributed by atoms with Crippen LogP contribution in [0.2, 0.25) is 0 Å². The van der Waals surface area contributed by atoms with Gasteiger partial charge in [0.25, 0.3) is 0 Å². The quantitative estimate of drug-likeness (QED) is 0.617. The minimum atomic E-state index is -0.327. The van der Waals surface area contributed by atoms with Crippen LogP contribution in [-0.4, -0.2) is 5.71 Å². The number of aryl methyl sites for hydroxylation is 1. The van der Waals surface area contributed by atoms with E-state index in [0.717, 1.165) is 41.5 Å². The fraction of sp³-hybridized carbons (Fsp3) is 0.286. The van der Waals surface area contributed by atoms with Crippen LogP contribution in [0.25, 0.3) is 5.57 Å². The van der Waals surface area contributed by atoms with Crippen LogP contribution in [0.4, 0.5) is 4.39 Å². The van der Waals surface area contributed by atoms with Gasteiger partial charge in [0.1, 0.15) is 5.82 Å². The van der Waals surface area contributed by atoms with Crippen molar-refractivity contribution in [1.29, 1.82) is 5.41 Å². The third-order valence-corrected chi connectivity index (χ3v) is 4.04. The molecule has 2 heteroatoms. The molecule has 0 unspecified atom stereocenters. The van der Waals surface area contributed by atoms with E-state index in [4.69, 9.17) is 5.41 Å². The van der Waals surface area contributed by atoms with Crippen molar-refractivity contribution >= 4 is 11.3 Å². The summed E-state index contributed by atoms with van der Waals surface area (Å²) in [4.78, 5) is 0. The maximum Gasteiger partial charge on any atom is 0.132 e. The molecule has 0 saturated carbocycles. The van der Waals surface area contributed by atoms with Gasteiger partial charge in [0.15, 0.2) is 0 Å². The Morgan fingerprint density at radius 1 is 1.09 bits per heavy atom. The Hall–Kier alpha value is -2.22. The molecule has 1 N–H and O–H groups in total. The van der Waals surface area contributed by atoms with E-state index in [1.54, 1.807) is 6.07 Å². The van der Waals surface area contributed by atoms with Crippen LogP contribution in [0.15, 0.2) is 54.1 Å². The second-order valence-electron chi connectivity index (χ2n) is 5.98. The monoisotopic (exact) mass is 309 g/mol. The summed E-state index contributed by atoms with van der Waals surface area (Å²) in [6.45, 7) is 6.07. The van der Waals surface area contributed by atoms with Crippen molar-refractivity contribution in [2.45, 2.75) is 40.0 Å². The second-order valence-corrected chi connectivity index (χ2v) is 5.98. The molecule has 23 heavy (non-hydrogen) atoms. The van der Waals surface area contributed by atoms with Gasteiger partial charge in [0.2, 0.25) is 0 Å². The number of hydrogen-bond acceptors (Lipinski definition) is 1. The first kappa shape index (κ1) is 17.1. The highest BCUT2D eigenvalue weighted by molar-refractivity contribution is 6.31. The van der Waals surface area contributed by atoms with Gasteiger partial charge >= 0.3 is 0 Å². The van der Waals surface area contributed by atoms with Gasteiger partial charge in [-0.2, -0.15) is 0 Å². The van der Waals surface area contributed by atoms with Gasteiger partial charge in [0.05, 0.1) is 5.71 Å². The van der Waals surface area contributed by atoms with Crippen LogP contribution in [-0.2, 0) is 0 Å². The average Bonchev–Trinajstić information content (AvgIpc) is 2.54. The van der Waals surface area contributed by atoms with Crippen LogP contribution >= 0.6 is 0 Å². The highest BCUT2D eigenvalue weighted by Gasteiger charge is 2.16. The third-order valence-electron chi connectivity index (χ3n) is 4.04. The van der Waals surface area contributed by atoms with Gasteiger partial charge in [-0.1, -0.05) is 55.3 Å². The smallest absolute Gasteiger partial charge is 0.132 e. The standard InChI is InChI=1S/C21H24FN/c1-4-5-9-16(3)20(17-10-7-6-8-11-17)21(23)18-13-12-15(2)14-19(18)22/h6-8,10-14,23H,4-5,9H2,1-3H3/b20-16+,23-21?. The molecule has 120 valence electrons. The number of nitrogens with one attached hydrogen (secondary N) is 1. The molecule has 0 saturated heterocycles. The Morgan fingerprint density at radius 2 is 1.78 bits per heavy atom. The minimum Gasteiger partial charge on any atom is -0.300 e. The molecule has 0 heterocycles. The summed E-state index contributed by atoms with van der Waals surface area (Å²) in [7, 11) is 0. The lowest BCUT2D eigenvalue weighted by Gasteiger charge is -2.15. The number of halogens is 1. The molecule has 0 fully saturated rings. The molecule has 1 nitrogen and oxygen atoms in total. The van der Waals surface area contributed by atoms with Crippen molar-refractivity contribution in [1.82, 2.24) is 0 Å². The molecule has 0 aliphatic heterocycles. The Balaban J connectivity index is 2.51. The van der Waals surface area contributed by atoms with E-state index in [9.17, 15) is 4.39 Å². The van der Waals surface area contributed by atoms with E-state index in [2.05, 4.69) is 13.8 Å². The largest absolute Gasteiger partial charge is 0.300 e. The highest BCUT2D eigenvalue weighted by Crippen LogP contribution is 2.27. The number of rotatable bonds is 6. The van der Waals surface area contributed by atoms with Crippen LogP contribution in [0.3, 0.4) is 0 Å². The molecule has 0 bridgehead atoms. The first-order valence-corrected chi connectivity index (χ1v) is 8.15. The number of hydrogen-bond donors (Lipinski definition) is 1. The summed E-state index contributed by atoms with van der Waals surface area (Å²) in [5.41, 5.74) is 4.47. The minimum absolute atomic E-state index is 0.266. The van der Waals surface area contributed by atoms with Crippen LogP contribution in [0.5, 0.6) is 0 Å². The van der Waals surface area contributed by atoms with E-state index in [1.807, 2.05) is 43.3 Å². The van der Waals surface area contributed by atoms with Crippen LogP contribution < -0.4 is 0 Å². The normalized spacial score (nSPS) is 12.0. The Morgan fingerprint density at radius 3 is 2.39 bits per heavy atom. The summed E-state index contributed by atoms with van der Waals surface area (Å²) in [6, 6.07) is 14.9. The van der Waals surface area contributed by atoms with E-state index < -0.39 is 0 Å². The van der Waals surface area contributed by atoms with E-state index in [1.165, 1.54) is 6.07 Å². The Labute approximate surface area is 138 Å². The van der Waals surface area contributed by atoms with Crippen molar-refractivity contribution in [3.05, 3.63) is 76.6 Å². The molecule has 0 amide bonds. The van der Waals surface area contributed by atoms with Crippen LogP contribution in [0, 0.1) is 18.2 Å². The molecular weight excluding hydrogens is 285 g/mol. The molecule has 0 radical (unpaired) electrons. The summed E-state index contributed by atoms with van der Waals surface area (Å²) in [6.07, 6.45) is 3.11. The third kappa shape index (κ3) is 4.16. The fourth-order valence-electron chi connectivity index (χ4n) is 2.73. The summed E-state index contributed by atoms with van der Waals surface area (Å²) >= 11 is 0. The molecule has 0 aliphatic rings. The van der Waals surface area contributed by atoms with E-state index >= 15 is 0 Å². The summed E-state index contributed by atoms with van der Waals surface area (Å²) in [5.74, 6) is -0.327. The van der Waals surface area contributed by atoms with Crippen molar-refractivity contribution in [2.75, 3.05) is 0 Å². The lowest BCUT2D eigenvalue weighted by molar-refractivity contribution is 0.624. The fourth-order valence-corrected chi connectivity index (χ4v) is 2.73. The number of benzene rings is 2. The lowest BCUT2D eigenvalue weighted by Crippen LogP contribution is -2.08. The first-order valence-electron chi connectivity index (χ1n) is 8.15. The zero-order chi connectivity index (χ0) is 16.8. The Bertz CT molecular complexity index is 714. The van der Waals surface area contributed by atoms with Crippen molar-refractivity contribution in [2.24, 2.45) is 0 Å². The second kappa shape index (κ2) is 7.87. The van der Waals surface area contributed by atoms with Gasteiger partial charge in [-0.05, 0) is 49.9 Å². The molecule has 0 atom stereocenters. The SMILES string of the molecule is CCCC/C(C)=C(/C(=N)c1ccc(C)cc1F)c1ccccc1. The van der Waals surface area contributed by atoms with Crippen molar-refractivity contribution in [3.8, 4) is 0 Å². The lowest BCUT2D eigenvalue weighted by atomic mass is 9.90. The topological polar surface area (TPSA) is 23.9 Å². The molecular formula is C21H24FN. The maximum atomic E-state index is 14.3. The maximum absolute atomic E-state index is 14.3. The molecule has 0 aromatic heterocycles. The van der Waals surface area contributed by atoms with Gasteiger partial charge in [-0.3, -0.25) is 5.41 Å². The summed E-state index contributed by atoms with van der Waals surface area (Å²) in [5, 5.41) is 8.60. The number of unbranched alkanes of at least 4 members (excludes halogenated alkanes) is 1. The molecule has 0 spiro atoms. The first-order chi connectivity index (χ1) is 11.0. The predicted molar refractivity (Wildman–Crippen MR) is 96.5 cm³/mol. The van der Waals surface area contributed by atoms with Crippen molar-refractivity contribution < 1.29 is 4.39 Å². The number of allylic oxidation sites excluding steroid dienone is 2. The van der Waals surface area contributed by atoms with E-state index in [0.29, 0.717) is 5.56 Å². The molecule has 0 aliphatic carbocycles. The van der Waals surface area contributed by atoms with Gasteiger partial charge < -0.3 is 0 Å². The van der Waals surface area contributed by atoms with Gasteiger partial charge in [0, 0.05) is 11.1 Å².